The molecule has 1 N–H and O–H groups in total. The number of rotatable bonds is 5. The largest absolute Gasteiger partial charge is 0.378 e. The molecule has 1 aromatic heterocycles. The van der Waals surface area contributed by atoms with Crippen molar-refractivity contribution in [1.29, 1.82) is 0 Å². The quantitative estimate of drug-likeness (QED) is 0.597. The van der Waals surface area contributed by atoms with E-state index in [0.717, 1.165) is 43.1 Å². The highest BCUT2D eigenvalue weighted by Gasteiger charge is 2.11. The average Bonchev–Trinajstić information content (AvgIpc) is 3.21. The maximum Gasteiger partial charge on any atom is 0.250 e. The molecule has 0 radical (unpaired) electrons. The van der Waals surface area contributed by atoms with Gasteiger partial charge in [0.05, 0.1) is 18.9 Å². The maximum atomic E-state index is 12.3. The predicted molar refractivity (Wildman–Crippen MR) is 124 cm³/mol. The molecular formula is C24H25N3O2S. The van der Waals surface area contributed by atoms with Crippen molar-refractivity contribution in [3.8, 4) is 11.3 Å². The zero-order chi connectivity index (χ0) is 20.9. The SMILES string of the molecule is Cc1ccc(-c2csc(NC(=O)/C=C/c3ccc(N4CCOCC4)cc3)n2)c(C)c1. The monoisotopic (exact) mass is 419 g/mol. The van der Waals surface area contributed by atoms with Crippen LogP contribution in [0.2, 0.25) is 0 Å². The lowest BCUT2D eigenvalue weighted by Gasteiger charge is -2.28. The Kier molecular flexibility index (Phi) is 6.26. The molecule has 2 heterocycles. The summed E-state index contributed by atoms with van der Waals surface area (Å²) in [6.07, 6.45) is 3.36. The molecular weight excluding hydrogens is 394 g/mol. The van der Waals surface area contributed by atoms with Gasteiger partial charge in [-0.25, -0.2) is 4.98 Å². The lowest BCUT2D eigenvalue weighted by Crippen LogP contribution is -2.36. The summed E-state index contributed by atoms with van der Waals surface area (Å²) in [5.74, 6) is -0.186. The number of thiazole rings is 1. The minimum atomic E-state index is -0.186. The fourth-order valence-corrected chi connectivity index (χ4v) is 4.21. The predicted octanol–water partition coefficient (Wildman–Crippen LogP) is 4.92. The molecule has 2 aromatic carbocycles. The number of amides is 1. The Morgan fingerprint density at radius 3 is 2.63 bits per heavy atom. The van der Waals surface area contributed by atoms with Gasteiger partial charge in [-0.15, -0.1) is 11.3 Å². The van der Waals surface area contributed by atoms with Gasteiger partial charge in [0.25, 0.3) is 0 Å². The van der Waals surface area contributed by atoms with E-state index in [0.29, 0.717) is 5.13 Å². The minimum absolute atomic E-state index is 0.186. The van der Waals surface area contributed by atoms with Crippen molar-refractivity contribution in [1.82, 2.24) is 4.98 Å². The van der Waals surface area contributed by atoms with Crippen molar-refractivity contribution in [2.24, 2.45) is 0 Å². The highest BCUT2D eigenvalue weighted by molar-refractivity contribution is 7.14. The van der Waals surface area contributed by atoms with E-state index < -0.39 is 0 Å². The van der Waals surface area contributed by atoms with Crippen LogP contribution in [0.1, 0.15) is 16.7 Å². The first-order chi connectivity index (χ1) is 14.6. The van der Waals surface area contributed by atoms with Crippen LogP contribution in [0.5, 0.6) is 0 Å². The Labute approximate surface area is 181 Å². The van der Waals surface area contributed by atoms with E-state index in [9.17, 15) is 4.79 Å². The standard InChI is InChI=1S/C24H25N3O2S/c1-17-3-9-21(18(2)15-17)22-16-30-24(25-22)26-23(28)10-6-19-4-7-20(8-5-19)27-11-13-29-14-12-27/h3-10,15-16H,11-14H2,1-2H3,(H,25,26,28)/b10-6+. The summed E-state index contributed by atoms with van der Waals surface area (Å²) in [5.41, 5.74) is 6.55. The molecule has 1 aliphatic rings. The van der Waals surface area contributed by atoms with E-state index in [1.54, 1.807) is 6.08 Å². The summed E-state index contributed by atoms with van der Waals surface area (Å²) < 4.78 is 5.39. The van der Waals surface area contributed by atoms with Gasteiger partial charge in [-0.3, -0.25) is 10.1 Å². The summed E-state index contributed by atoms with van der Waals surface area (Å²) in [7, 11) is 0. The fourth-order valence-electron chi connectivity index (χ4n) is 3.49. The van der Waals surface area contributed by atoms with Crippen LogP contribution >= 0.6 is 11.3 Å². The summed E-state index contributed by atoms with van der Waals surface area (Å²) >= 11 is 1.43. The number of carbonyl (C=O) groups excluding carboxylic acids is 1. The molecule has 3 aromatic rings. The van der Waals surface area contributed by atoms with Crippen LogP contribution in [0, 0.1) is 13.8 Å². The average molecular weight is 420 g/mol. The number of carbonyl (C=O) groups is 1. The molecule has 154 valence electrons. The smallest absolute Gasteiger partial charge is 0.250 e. The van der Waals surface area contributed by atoms with Gasteiger partial charge in [0.15, 0.2) is 5.13 Å². The minimum Gasteiger partial charge on any atom is -0.378 e. The van der Waals surface area contributed by atoms with Crippen molar-refractivity contribution < 1.29 is 9.53 Å². The molecule has 6 heteroatoms. The number of ether oxygens (including phenoxy) is 1. The Bertz CT molecular complexity index is 1050. The van der Waals surface area contributed by atoms with Gasteiger partial charge in [-0.1, -0.05) is 35.9 Å². The molecule has 1 amide bonds. The Hall–Kier alpha value is -2.96. The molecule has 30 heavy (non-hydrogen) atoms. The Morgan fingerprint density at radius 2 is 1.90 bits per heavy atom. The maximum absolute atomic E-state index is 12.3. The first kappa shape index (κ1) is 20.3. The number of hydrogen-bond acceptors (Lipinski definition) is 5. The highest BCUT2D eigenvalue weighted by Crippen LogP contribution is 2.28. The number of aromatic nitrogens is 1. The zero-order valence-electron chi connectivity index (χ0n) is 17.2. The van der Waals surface area contributed by atoms with Crippen LogP contribution in [-0.2, 0) is 9.53 Å². The van der Waals surface area contributed by atoms with Gasteiger partial charge in [0.2, 0.25) is 5.91 Å². The van der Waals surface area contributed by atoms with Crippen molar-refractivity contribution in [2.45, 2.75) is 13.8 Å². The van der Waals surface area contributed by atoms with E-state index >= 15 is 0 Å². The summed E-state index contributed by atoms with van der Waals surface area (Å²) in [6, 6.07) is 14.5. The number of benzene rings is 2. The van der Waals surface area contributed by atoms with Crippen LogP contribution in [0.3, 0.4) is 0 Å². The molecule has 1 fully saturated rings. The van der Waals surface area contributed by atoms with Gasteiger partial charge in [0.1, 0.15) is 0 Å². The number of nitrogens with zero attached hydrogens (tertiary/aromatic N) is 2. The third-order valence-electron chi connectivity index (χ3n) is 5.09. The molecule has 0 spiro atoms. The molecule has 5 nitrogen and oxygen atoms in total. The summed E-state index contributed by atoms with van der Waals surface area (Å²) in [5, 5.41) is 5.43. The zero-order valence-corrected chi connectivity index (χ0v) is 18.0. The van der Waals surface area contributed by atoms with Crippen molar-refractivity contribution in [3.63, 3.8) is 0 Å². The fraction of sp³-hybridized carbons (Fsp3) is 0.250. The Morgan fingerprint density at radius 1 is 1.13 bits per heavy atom. The van der Waals surface area contributed by atoms with Crippen molar-refractivity contribution >= 4 is 34.1 Å². The molecule has 0 saturated carbocycles. The molecule has 0 unspecified atom stereocenters. The number of aryl methyl sites for hydroxylation is 2. The normalized spacial score (nSPS) is 14.3. The topological polar surface area (TPSA) is 54.5 Å². The number of nitrogens with one attached hydrogen (secondary N) is 1. The van der Waals surface area contributed by atoms with E-state index in [2.05, 4.69) is 59.4 Å². The van der Waals surface area contributed by atoms with Crippen LogP contribution in [-0.4, -0.2) is 37.2 Å². The lowest BCUT2D eigenvalue weighted by atomic mass is 10.0. The third-order valence-corrected chi connectivity index (χ3v) is 5.85. The molecule has 4 rings (SSSR count). The molecule has 1 saturated heterocycles. The lowest BCUT2D eigenvalue weighted by molar-refractivity contribution is -0.111. The second-order valence-electron chi connectivity index (χ2n) is 7.37. The van der Waals surface area contributed by atoms with Gasteiger partial charge < -0.3 is 9.64 Å². The van der Waals surface area contributed by atoms with Gasteiger partial charge in [-0.05, 0) is 43.2 Å². The van der Waals surface area contributed by atoms with Crippen molar-refractivity contribution in [3.05, 3.63) is 70.6 Å². The Balaban J connectivity index is 1.36. The number of anilines is 2. The highest BCUT2D eigenvalue weighted by atomic mass is 32.1. The van der Waals surface area contributed by atoms with E-state index in [4.69, 9.17) is 4.74 Å². The second-order valence-corrected chi connectivity index (χ2v) is 8.23. The molecule has 0 atom stereocenters. The van der Waals surface area contributed by atoms with E-state index in [1.807, 2.05) is 23.6 Å². The van der Waals surface area contributed by atoms with Crippen molar-refractivity contribution in [2.75, 3.05) is 36.5 Å². The third kappa shape index (κ3) is 4.96. The van der Waals surface area contributed by atoms with Crippen LogP contribution in [0.15, 0.2) is 53.9 Å². The van der Waals surface area contributed by atoms with E-state index in [-0.39, 0.29) is 5.91 Å². The first-order valence-corrected chi connectivity index (χ1v) is 10.9. The number of hydrogen-bond donors (Lipinski definition) is 1. The molecule has 0 aliphatic carbocycles. The van der Waals surface area contributed by atoms with Crippen LogP contribution < -0.4 is 10.2 Å². The molecule has 1 aliphatic heterocycles. The number of morpholine rings is 1. The van der Waals surface area contributed by atoms with E-state index in [1.165, 1.54) is 28.2 Å². The van der Waals surface area contributed by atoms with Gasteiger partial charge in [0, 0.05) is 35.8 Å². The summed E-state index contributed by atoms with van der Waals surface area (Å²) in [6.45, 7) is 7.51. The van der Waals surface area contributed by atoms with Gasteiger partial charge >= 0.3 is 0 Å². The van der Waals surface area contributed by atoms with Crippen LogP contribution in [0.4, 0.5) is 10.8 Å². The molecule has 0 bridgehead atoms. The second kappa shape index (κ2) is 9.24. The van der Waals surface area contributed by atoms with Crippen LogP contribution in [0.25, 0.3) is 17.3 Å². The van der Waals surface area contributed by atoms with Gasteiger partial charge in [-0.2, -0.15) is 0 Å². The summed E-state index contributed by atoms with van der Waals surface area (Å²) in [4.78, 5) is 19.2. The first-order valence-electron chi connectivity index (χ1n) is 10.0.